The molecule has 8 heteroatoms. The van der Waals surface area contributed by atoms with Crippen LogP contribution >= 0.6 is 11.5 Å². The first-order chi connectivity index (χ1) is 8.84. The molecule has 0 aliphatic carbocycles. The third-order valence-corrected chi connectivity index (χ3v) is 3.47. The SMILES string of the molecule is CC(=O)NCCC(=O)N(C)c1snc(C)c1C(=O)O. The van der Waals surface area contributed by atoms with Crippen LogP contribution in [0.1, 0.15) is 29.4 Å². The lowest BCUT2D eigenvalue weighted by Crippen LogP contribution is -2.31. The molecule has 0 aliphatic heterocycles. The van der Waals surface area contributed by atoms with Gasteiger partial charge in [-0.15, -0.1) is 0 Å². The van der Waals surface area contributed by atoms with E-state index in [1.54, 1.807) is 6.92 Å². The van der Waals surface area contributed by atoms with Crippen LogP contribution in [0.25, 0.3) is 0 Å². The molecule has 0 spiro atoms. The Hall–Kier alpha value is -1.96. The lowest BCUT2D eigenvalue weighted by Gasteiger charge is -2.15. The van der Waals surface area contributed by atoms with Crippen molar-refractivity contribution in [2.75, 3.05) is 18.5 Å². The molecule has 7 nitrogen and oxygen atoms in total. The van der Waals surface area contributed by atoms with Gasteiger partial charge in [-0.2, -0.15) is 4.37 Å². The van der Waals surface area contributed by atoms with Crippen LogP contribution in [0.3, 0.4) is 0 Å². The Bertz CT molecular complexity index is 512. The first kappa shape index (κ1) is 15.1. The fraction of sp³-hybridized carbons (Fsp3) is 0.455. The van der Waals surface area contributed by atoms with Gasteiger partial charge < -0.3 is 15.3 Å². The van der Waals surface area contributed by atoms with Gasteiger partial charge in [-0.05, 0) is 18.5 Å². The van der Waals surface area contributed by atoms with Crippen LogP contribution in [0.15, 0.2) is 0 Å². The molecule has 0 radical (unpaired) electrons. The molecular weight excluding hydrogens is 270 g/mol. The summed E-state index contributed by atoms with van der Waals surface area (Å²) in [6.45, 7) is 3.17. The highest BCUT2D eigenvalue weighted by molar-refractivity contribution is 7.11. The Kier molecular flexibility index (Phi) is 4.99. The highest BCUT2D eigenvalue weighted by Crippen LogP contribution is 2.28. The highest BCUT2D eigenvalue weighted by atomic mass is 32.1. The predicted molar refractivity (Wildman–Crippen MR) is 70.5 cm³/mol. The zero-order chi connectivity index (χ0) is 14.6. The van der Waals surface area contributed by atoms with E-state index in [9.17, 15) is 14.4 Å². The lowest BCUT2D eigenvalue weighted by atomic mass is 10.2. The van der Waals surface area contributed by atoms with Gasteiger partial charge in [-0.25, -0.2) is 4.79 Å². The molecule has 104 valence electrons. The zero-order valence-electron chi connectivity index (χ0n) is 10.9. The second-order valence-corrected chi connectivity index (χ2v) is 4.69. The van der Waals surface area contributed by atoms with Crippen molar-refractivity contribution in [2.24, 2.45) is 0 Å². The molecule has 0 saturated carbocycles. The summed E-state index contributed by atoms with van der Waals surface area (Å²) in [5.74, 6) is -1.60. The van der Waals surface area contributed by atoms with Crippen LogP contribution in [-0.2, 0) is 9.59 Å². The third-order valence-electron chi connectivity index (χ3n) is 2.45. The quantitative estimate of drug-likeness (QED) is 0.827. The van der Waals surface area contributed by atoms with E-state index in [0.717, 1.165) is 11.5 Å². The number of carbonyl (C=O) groups excluding carboxylic acids is 2. The number of amides is 2. The Morgan fingerprint density at radius 3 is 2.58 bits per heavy atom. The van der Waals surface area contributed by atoms with Crippen LogP contribution in [0.4, 0.5) is 5.00 Å². The molecule has 0 aromatic carbocycles. The molecule has 0 saturated heterocycles. The summed E-state index contributed by atoms with van der Waals surface area (Å²) in [7, 11) is 1.50. The van der Waals surface area contributed by atoms with Crippen molar-refractivity contribution < 1.29 is 19.5 Å². The van der Waals surface area contributed by atoms with Gasteiger partial charge in [0.15, 0.2) is 0 Å². The summed E-state index contributed by atoms with van der Waals surface area (Å²) in [5, 5.41) is 11.9. The summed E-state index contributed by atoms with van der Waals surface area (Å²) in [5.41, 5.74) is 0.425. The van der Waals surface area contributed by atoms with Crippen LogP contribution in [-0.4, -0.2) is 40.9 Å². The molecule has 0 unspecified atom stereocenters. The van der Waals surface area contributed by atoms with Gasteiger partial charge in [0.2, 0.25) is 11.8 Å². The molecule has 0 atom stereocenters. The van der Waals surface area contributed by atoms with E-state index in [0.29, 0.717) is 10.7 Å². The molecule has 1 aromatic rings. The van der Waals surface area contributed by atoms with Crippen molar-refractivity contribution >= 4 is 34.3 Å². The number of nitrogens with zero attached hydrogens (tertiary/aromatic N) is 2. The highest BCUT2D eigenvalue weighted by Gasteiger charge is 2.23. The summed E-state index contributed by atoms with van der Waals surface area (Å²) >= 11 is 0.968. The predicted octanol–water partition coefficient (Wildman–Crippen LogP) is 0.639. The molecule has 0 bridgehead atoms. The van der Waals surface area contributed by atoms with E-state index in [-0.39, 0.29) is 30.3 Å². The van der Waals surface area contributed by atoms with Crippen LogP contribution in [0.5, 0.6) is 0 Å². The average molecular weight is 285 g/mol. The van der Waals surface area contributed by atoms with E-state index in [1.165, 1.54) is 18.9 Å². The topological polar surface area (TPSA) is 99.6 Å². The number of nitrogens with one attached hydrogen (secondary N) is 1. The third kappa shape index (κ3) is 3.75. The maximum atomic E-state index is 11.9. The number of rotatable bonds is 5. The van der Waals surface area contributed by atoms with Crippen molar-refractivity contribution in [3.8, 4) is 0 Å². The summed E-state index contributed by atoms with van der Waals surface area (Å²) in [6, 6.07) is 0. The van der Waals surface area contributed by atoms with Crippen molar-refractivity contribution in [1.82, 2.24) is 9.69 Å². The van der Waals surface area contributed by atoms with Crippen LogP contribution < -0.4 is 10.2 Å². The van der Waals surface area contributed by atoms with Gasteiger partial charge in [-0.3, -0.25) is 9.59 Å². The van der Waals surface area contributed by atoms with Gasteiger partial charge in [-0.1, -0.05) is 0 Å². The number of carboxylic acid groups (broad SMARTS) is 1. The Labute approximate surface area is 114 Å². The summed E-state index contributed by atoms with van der Waals surface area (Å²) < 4.78 is 3.95. The van der Waals surface area contributed by atoms with Crippen molar-refractivity contribution in [2.45, 2.75) is 20.3 Å². The van der Waals surface area contributed by atoms with Crippen LogP contribution in [0, 0.1) is 6.92 Å². The Balaban J connectivity index is 2.77. The average Bonchev–Trinajstić information content (AvgIpc) is 2.69. The fourth-order valence-corrected chi connectivity index (χ4v) is 2.32. The number of anilines is 1. The second kappa shape index (κ2) is 6.28. The van der Waals surface area contributed by atoms with E-state index < -0.39 is 5.97 Å². The molecule has 2 N–H and O–H groups in total. The number of carboxylic acids is 1. The molecule has 0 aliphatic rings. The van der Waals surface area contributed by atoms with Gasteiger partial charge >= 0.3 is 5.97 Å². The fourth-order valence-electron chi connectivity index (χ4n) is 1.46. The molecular formula is C11H15N3O4S. The number of hydrogen-bond acceptors (Lipinski definition) is 5. The van der Waals surface area contributed by atoms with Crippen LogP contribution in [0.2, 0.25) is 0 Å². The maximum absolute atomic E-state index is 11.9. The minimum Gasteiger partial charge on any atom is -0.478 e. The van der Waals surface area contributed by atoms with Gasteiger partial charge in [0.05, 0.1) is 5.69 Å². The minimum atomic E-state index is -1.11. The number of carbonyl (C=O) groups is 3. The van der Waals surface area contributed by atoms with Gasteiger partial charge in [0.1, 0.15) is 10.6 Å². The molecule has 0 fully saturated rings. The number of aromatic nitrogens is 1. The summed E-state index contributed by atoms with van der Waals surface area (Å²) in [4.78, 5) is 34.9. The summed E-state index contributed by atoms with van der Waals surface area (Å²) in [6.07, 6.45) is 0.103. The largest absolute Gasteiger partial charge is 0.478 e. The van der Waals surface area contributed by atoms with Crippen molar-refractivity contribution in [1.29, 1.82) is 0 Å². The van der Waals surface area contributed by atoms with E-state index >= 15 is 0 Å². The number of aromatic carboxylic acids is 1. The number of hydrogen-bond donors (Lipinski definition) is 2. The molecule has 1 rings (SSSR count). The van der Waals surface area contributed by atoms with E-state index in [2.05, 4.69) is 9.69 Å². The first-order valence-electron chi connectivity index (χ1n) is 5.55. The standard InChI is InChI=1S/C11H15N3O4S/c1-6-9(11(17)18)10(19-13-6)14(3)8(16)4-5-12-7(2)15/h4-5H2,1-3H3,(H,12,15)(H,17,18). The molecule has 1 heterocycles. The Morgan fingerprint density at radius 1 is 1.42 bits per heavy atom. The molecule has 1 aromatic heterocycles. The first-order valence-corrected chi connectivity index (χ1v) is 6.32. The lowest BCUT2D eigenvalue weighted by molar-refractivity contribution is -0.119. The molecule has 19 heavy (non-hydrogen) atoms. The monoisotopic (exact) mass is 285 g/mol. The van der Waals surface area contributed by atoms with E-state index in [4.69, 9.17) is 5.11 Å². The zero-order valence-corrected chi connectivity index (χ0v) is 11.7. The Morgan fingerprint density at radius 2 is 2.05 bits per heavy atom. The second-order valence-electron chi connectivity index (χ2n) is 3.94. The van der Waals surface area contributed by atoms with Crippen molar-refractivity contribution in [3.63, 3.8) is 0 Å². The van der Waals surface area contributed by atoms with E-state index in [1.807, 2.05) is 0 Å². The normalized spacial score (nSPS) is 10.1. The minimum absolute atomic E-state index is 0.0420. The smallest absolute Gasteiger partial charge is 0.340 e. The van der Waals surface area contributed by atoms with Crippen molar-refractivity contribution in [3.05, 3.63) is 11.3 Å². The molecule has 2 amide bonds. The number of aryl methyl sites for hydroxylation is 1. The van der Waals surface area contributed by atoms with Gasteiger partial charge in [0.25, 0.3) is 0 Å². The maximum Gasteiger partial charge on any atom is 0.340 e. The van der Waals surface area contributed by atoms with Gasteiger partial charge in [0, 0.05) is 26.9 Å².